The van der Waals surface area contributed by atoms with Crippen LogP contribution in [0.4, 0.5) is 9.18 Å². The summed E-state index contributed by atoms with van der Waals surface area (Å²) in [6, 6.07) is 8.47. The van der Waals surface area contributed by atoms with Crippen LogP contribution >= 0.6 is 7.82 Å². The van der Waals surface area contributed by atoms with Gasteiger partial charge in [0.05, 0.1) is 20.2 Å². The van der Waals surface area contributed by atoms with Crippen molar-refractivity contribution in [2.24, 2.45) is 13.0 Å². The summed E-state index contributed by atoms with van der Waals surface area (Å²) in [4.78, 5) is 40.9. The predicted molar refractivity (Wildman–Crippen MR) is 127 cm³/mol. The highest BCUT2D eigenvalue weighted by Gasteiger charge is 2.41. The van der Waals surface area contributed by atoms with Crippen molar-refractivity contribution >= 4 is 13.9 Å². The Morgan fingerprint density at radius 3 is 2.53 bits per heavy atom. The molecule has 204 valence electrons. The highest BCUT2D eigenvalue weighted by atomic mass is 31.2. The molecule has 2 aliphatic heterocycles. The number of nitrogens with zero attached hydrogens (tertiary/aromatic N) is 6. The van der Waals surface area contributed by atoms with Gasteiger partial charge >= 0.3 is 13.9 Å². The molecule has 14 nitrogen and oxygen atoms in total. The summed E-state index contributed by atoms with van der Waals surface area (Å²) in [7, 11) is -2.97. The van der Waals surface area contributed by atoms with E-state index in [-0.39, 0.29) is 18.4 Å². The molecule has 3 atom stereocenters. The number of aromatic nitrogens is 5. The Morgan fingerprint density at radius 1 is 1.21 bits per heavy atom. The molecule has 4 heterocycles. The van der Waals surface area contributed by atoms with Gasteiger partial charge in [-0.1, -0.05) is 18.2 Å². The van der Waals surface area contributed by atoms with Crippen LogP contribution in [0.1, 0.15) is 17.9 Å². The second-order valence-corrected chi connectivity index (χ2v) is 9.74. The van der Waals surface area contributed by atoms with Crippen molar-refractivity contribution in [3.05, 3.63) is 47.9 Å². The third-order valence-corrected chi connectivity index (χ3v) is 6.02. The number of aliphatic hydroxyl groups excluding tert-OH is 1. The highest BCUT2D eigenvalue weighted by molar-refractivity contribution is 7.45. The number of cyclic esters (lactones) is 1. The van der Waals surface area contributed by atoms with E-state index in [9.17, 15) is 9.90 Å². The molecule has 5 rings (SSSR count). The quantitative estimate of drug-likeness (QED) is 0.329. The molecule has 0 radical (unpaired) electrons. The normalized spacial score (nSPS) is 21.6. The van der Waals surface area contributed by atoms with Crippen molar-refractivity contribution in [2.45, 2.75) is 18.6 Å². The molecule has 4 N–H and O–H groups in total. The topological polar surface area (TPSA) is 193 Å². The largest absolute Gasteiger partial charge is 0.466 e. The first-order chi connectivity index (χ1) is 18.0. The van der Waals surface area contributed by atoms with Crippen LogP contribution in [0.2, 0.25) is 0 Å². The molecule has 1 aromatic carbocycles. The number of phosphoric acid groups is 1. The van der Waals surface area contributed by atoms with Crippen molar-refractivity contribution in [3.63, 3.8) is 0 Å². The number of rotatable bonds is 5. The van der Waals surface area contributed by atoms with Gasteiger partial charge in [0.15, 0.2) is 0 Å². The standard InChI is InChI=1S/C22H23FN6O4.H3O4P/c1-28-26-20(25-27-28)19-5-3-15(10-24-19)16-4-2-14(9-18(16)23)17-8-13(11-30)12-33-21(17)29-6-7-32-22(29)31;1-5(2,3)4/h2-5,9-10,13,17,21,30H,6-8,11-12H2,1H3;(H3,1,2,3,4)/t13?,17?,21-;/m1./s1. The number of carbonyl (C=O) groups is 1. The summed E-state index contributed by atoms with van der Waals surface area (Å²) in [5, 5.41) is 21.5. The van der Waals surface area contributed by atoms with Crippen LogP contribution in [0, 0.1) is 11.7 Å². The van der Waals surface area contributed by atoms with Gasteiger partial charge in [-0.15, -0.1) is 10.2 Å². The van der Waals surface area contributed by atoms with Crippen molar-refractivity contribution in [1.29, 1.82) is 0 Å². The SMILES string of the molecule is Cn1nnc(-c2ccc(-c3ccc(C4CC(CO)CO[C@H]4N4CCOC4=O)cc3F)cn2)n1.O=P(O)(O)O. The third kappa shape index (κ3) is 6.75. The van der Waals surface area contributed by atoms with Gasteiger partial charge in [0, 0.05) is 35.8 Å². The second kappa shape index (κ2) is 11.6. The Morgan fingerprint density at radius 2 is 1.97 bits per heavy atom. The molecule has 3 aromatic rings. The molecule has 2 saturated heterocycles. The minimum Gasteiger partial charge on any atom is -0.447 e. The smallest absolute Gasteiger partial charge is 0.447 e. The summed E-state index contributed by atoms with van der Waals surface area (Å²) in [6.45, 7) is 1.02. The molecule has 16 heteroatoms. The highest BCUT2D eigenvalue weighted by Crippen LogP contribution is 2.38. The number of ether oxygens (including phenoxy) is 2. The fraction of sp³-hybridized carbons (Fsp3) is 0.409. The first-order valence-corrected chi connectivity index (χ1v) is 13.0. The van der Waals surface area contributed by atoms with Crippen LogP contribution in [0.15, 0.2) is 36.5 Å². The maximum Gasteiger partial charge on any atom is 0.466 e. The number of halogens is 1. The van der Waals surface area contributed by atoms with Crippen molar-refractivity contribution in [1.82, 2.24) is 30.1 Å². The first-order valence-electron chi connectivity index (χ1n) is 11.5. The Kier molecular flexibility index (Phi) is 8.45. The van der Waals surface area contributed by atoms with Gasteiger partial charge in [0.2, 0.25) is 5.82 Å². The number of benzene rings is 1. The zero-order valence-corrected chi connectivity index (χ0v) is 21.1. The summed E-state index contributed by atoms with van der Waals surface area (Å²) >= 11 is 0. The van der Waals surface area contributed by atoms with Gasteiger partial charge in [0.1, 0.15) is 24.3 Å². The van der Waals surface area contributed by atoms with E-state index in [1.54, 1.807) is 31.4 Å². The number of hydrogen-bond donors (Lipinski definition) is 4. The third-order valence-electron chi connectivity index (χ3n) is 6.02. The van der Waals surface area contributed by atoms with Crippen molar-refractivity contribution in [2.75, 3.05) is 26.4 Å². The molecule has 1 amide bonds. The number of pyridine rings is 1. The Labute approximate surface area is 215 Å². The van der Waals surface area contributed by atoms with E-state index in [0.29, 0.717) is 54.4 Å². The number of aliphatic hydroxyl groups is 1. The van der Waals surface area contributed by atoms with Crippen LogP contribution in [-0.2, 0) is 21.1 Å². The van der Waals surface area contributed by atoms with Gasteiger partial charge in [0.25, 0.3) is 0 Å². The summed E-state index contributed by atoms with van der Waals surface area (Å²) in [5.41, 5.74) is 2.25. The van der Waals surface area contributed by atoms with Crippen LogP contribution in [0.25, 0.3) is 22.6 Å². The van der Waals surface area contributed by atoms with Crippen molar-refractivity contribution < 1.29 is 43.0 Å². The maximum absolute atomic E-state index is 15.2. The van der Waals surface area contributed by atoms with Crippen LogP contribution < -0.4 is 0 Å². The molecular formula is C22H26FN6O8P. The van der Waals surface area contributed by atoms with Crippen molar-refractivity contribution in [3.8, 4) is 22.6 Å². The van der Waals surface area contributed by atoms with Crippen LogP contribution in [0.3, 0.4) is 0 Å². The summed E-state index contributed by atoms with van der Waals surface area (Å²) < 4.78 is 35.1. The number of carbonyl (C=O) groups excluding carboxylic acids is 1. The average molecular weight is 552 g/mol. The van der Waals surface area contributed by atoms with E-state index >= 15 is 4.39 Å². The number of amides is 1. The maximum atomic E-state index is 15.2. The van der Waals surface area contributed by atoms with E-state index in [0.717, 1.165) is 0 Å². The molecule has 2 unspecified atom stereocenters. The average Bonchev–Trinajstić information content (AvgIpc) is 3.50. The molecule has 0 saturated carbocycles. The molecule has 0 spiro atoms. The molecule has 2 aromatic heterocycles. The van der Waals surface area contributed by atoms with Gasteiger partial charge in [-0.25, -0.2) is 13.8 Å². The minimum atomic E-state index is -4.64. The molecular weight excluding hydrogens is 526 g/mol. The summed E-state index contributed by atoms with van der Waals surface area (Å²) in [5.74, 6) is -0.386. The number of tetrazole rings is 1. The lowest BCUT2D eigenvalue weighted by Gasteiger charge is -2.39. The molecule has 2 fully saturated rings. The zero-order chi connectivity index (χ0) is 27.4. The minimum absolute atomic E-state index is 0.0348. The lowest BCUT2D eigenvalue weighted by molar-refractivity contribution is -0.104. The molecule has 38 heavy (non-hydrogen) atoms. The second-order valence-electron chi connectivity index (χ2n) is 8.71. The fourth-order valence-electron chi connectivity index (χ4n) is 4.33. The number of hydrogen-bond acceptors (Lipinski definition) is 9. The van der Waals surface area contributed by atoms with E-state index in [1.807, 2.05) is 6.07 Å². The zero-order valence-electron chi connectivity index (χ0n) is 20.2. The number of aryl methyl sites for hydroxylation is 1. The lowest BCUT2D eigenvalue weighted by Crippen LogP contribution is -2.47. The Hall–Kier alpha value is -3.33. The van der Waals surface area contributed by atoms with Gasteiger partial charge in [-0.3, -0.25) is 9.88 Å². The van der Waals surface area contributed by atoms with E-state index in [2.05, 4.69) is 20.4 Å². The first kappa shape index (κ1) is 27.7. The van der Waals surface area contributed by atoms with E-state index < -0.39 is 26.0 Å². The summed E-state index contributed by atoms with van der Waals surface area (Å²) in [6.07, 6.45) is 1.14. The monoisotopic (exact) mass is 552 g/mol. The van der Waals surface area contributed by atoms with Gasteiger partial charge in [-0.05, 0) is 29.3 Å². The fourth-order valence-corrected chi connectivity index (χ4v) is 4.33. The van der Waals surface area contributed by atoms with Crippen LogP contribution in [0.5, 0.6) is 0 Å². The van der Waals surface area contributed by atoms with Gasteiger partial charge < -0.3 is 29.3 Å². The Balaban J connectivity index is 0.000000617. The Bertz CT molecular complexity index is 1310. The van der Waals surface area contributed by atoms with E-state index in [4.69, 9.17) is 28.7 Å². The van der Waals surface area contributed by atoms with Gasteiger partial charge in [-0.2, -0.15) is 4.80 Å². The predicted octanol–water partition coefficient (Wildman–Crippen LogP) is 1.04. The van der Waals surface area contributed by atoms with E-state index in [1.165, 1.54) is 15.8 Å². The van der Waals surface area contributed by atoms with Crippen LogP contribution in [-0.4, -0.2) is 88.6 Å². The molecule has 2 aliphatic rings. The molecule has 0 aliphatic carbocycles. The molecule has 0 bridgehead atoms. The lowest BCUT2D eigenvalue weighted by atomic mass is 9.84.